The molecule has 4 heteroatoms. The highest BCUT2D eigenvalue weighted by Gasteiger charge is 1.91. The van der Waals surface area contributed by atoms with Gasteiger partial charge < -0.3 is 15.4 Å². The van der Waals surface area contributed by atoms with E-state index >= 15 is 0 Å². The highest BCUT2D eigenvalue weighted by molar-refractivity contribution is 5.79. The second-order valence-electron chi connectivity index (χ2n) is 2.91. The van der Waals surface area contributed by atoms with Crippen LogP contribution < -0.4 is 5.32 Å². The summed E-state index contributed by atoms with van der Waals surface area (Å²) in [6.07, 6.45) is 7.53. The molecule has 0 unspecified atom stereocenters. The number of hydrogen-bond donors (Lipinski definition) is 3. The molecule has 0 aliphatic carbocycles. The molecule has 1 aromatic rings. The predicted octanol–water partition coefficient (Wildman–Crippen LogP) is 0.788. The molecule has 14 heavy (non-hydrogen) atoms. The maximum atomic E-state index is 10.1. The largest absolute Gasteiger partial charge is 0.478 e. The number of rotatable bonds is 6. The van der Waals surface area contributed by atoms with Crippen LogP contribution in [0.3, 0.4) is 0 Å². The van der Waals surface area contributed by atoms with Gasteiger partial charge in [-0.05, 0) is 24.6 Å². The van der Waals surface area contributed by atoms with Gasteiger partial charge >= 0.3 is 5.97 Å². The Morgan fingerprint density at radius 2 is 2.50 bits per heavy atom. The number of aromatic amines is 1. The minimum Gasteiger partial charge on any atom is -0.478 e. The van der Waals surface area contributed by atoms with Crippen LogP contribution in [0.25, 0.3) is 0 Å². The van der Waals surface area contributed by atoms with Gasteiger partial charge in [0, 0.05) is 25.0 Å². The van der Waals surface area contributed by atoms with Crippen LogP contribution in [0, 0.1) is 0 Å². The zero-order valence-corrected chi connectivity index (χ0v) is 7.86. The third-order valence-corrected chi connectivity index (χ3v) is 1.78. The summed E-state index contributed by atoms with van der Waals surface area (Å²) in [6.45, 7) is 1.44. The van der Waals surface area contributed by atoms with E-state index in [0.717, 1.165) is 19.0 Å². The summed E-state index contributed by atoms with van der Waals surface area (Å²) in [5, 5.41) is 11.4. The summed E-state index contributed by atoms with van der Waals surface area (Å²) in [7, 11) is 0. The third-order valence-electron chi connectivity index (χ3n) is 1.78. The summed E-state index contributed by atoms with van der Waals surface area (Å²) in [4.78, 5) is 13.1. The lowest BCUT2D eigenvalue weighted by Crippen LogP contribution is -2.16. The zero-order chi connectivity index (χ0) is 10.2. The maximum Gasteiger partial charge on any atom is 0.328 e. The van der Waals surface area contributed by atoms with Crippen molar-refractivity contribution in [2.45, 2.75) is 6.42 Å². The number of hydrogen-bond acceptors (Lipinski definition) is 2. The second-order valence-corrected chi connectivity index (χ2v) is 2.91. The molecule has 3 N–H and O–H groups in total. The number of carboxylic acids is 1. The lowest BCUT2D eigenvalue weighted by atomic mass is 10.2. The van der Waals surface area contributed by atoms with Crippen molar-refractivity contribution >= 4 is 5.97 Å². The summed E-state index contributed by atoms with van der Waals surface area (Å²) in [5.41, 5.74) is 1.25. The van der Waals surface area contributed by atoms with Crippen LogP contribution in [0.4, 0.5) is 0 Å². The fourth-order valence-corrected chi connectivity index (χ4v) is 1.09. The average molecular weight is 194 g/mol. The van der Waals surface area contributed by atoms with Crippen molar-refractivity contribution in [2.75, 3.05) is 13.1 Å². The van der Waals surface area contributed by atoms with Gasteiger partial charge in [0.25, 0.3) is 0 Å². The van der Waals surface area contributed by atoms with Gasteiger partial charge in [-0.25, -0.2) is 4.79 Å². The molecule has 0 radical (unpaired) electrons. The molecule has 1 aromatic heterocycles. The Morgan fingerprint density at radius 3 is 3.14 bits per heavy atom. The molecule has 0 atom stereocenters. The van der Waals surface area contributed by atoms with Crippen molar-refractivity contribution < 1.29 is 9.90 Å². The highest BCUT2D eigenvalue weighted by Crippen LogP contribution is 1.95. The molecule has 1 rings (SSSR count). The monoisotopic (exact) mass is 194 g/mol. The number of H-pyrrole nitrogens is 1. The molecule has 0 saturated heterocycles. The van der Waals surface area contributed by atoms with Crippen molar-refractivity contribution in [3.8, 4) is 0 Å². The van der Waals surface area contributed by atoms with Crippen LogP contribution in [-0.2, 0) is 11.2 Å². The third kappa shape index (κ3) is 4.47. The van der Waals surface area contributed by atoms with Gasteiger partial charge in [-0.1, -0.05) is 6.08 Å². The summed E-state index contributed by atoms with van der Waals surface area (Å²) in [6, 6.07) is 2.02. The Kier molecular flexibility index (Phi) is 4.50. The molecule has 0 bridgehead atoms. The van der Waals surface area contributed by atoms with Gasteiger partial charge in [-0.2, -0.15) is 0 Å². The van der Waals surface area contributed by atoms with E-state index in [0.29, 0.717) is 6.54 Å². The molecule has 0 aromatic carbocycles. The molecule has 0 spiro atoms. The van der Waals surface area contributed by atoms with Gasteiger partial charge in [0.15, 0.2) is 0 Å². The minimum absolute atomic E-state index is 0.594. The lowest BCUT2D eigenvalue weighted by Gasteiger charge is -1.98. The fraction of sp³-hybridized carbons (Fsp3) is 0.300. The van der Waals surface area contributed by atoms with E-state index in [4.69, 9.17) is 5.11 Å². The number of nitrogens with one attached hydrogen (secondary N) is 2. The molecule has 0 aliphatic rings. The van der Waals surface area contributed by atoms with Crippen LogP contribution in [0.5, 0.6) is 0 Å². The topological polar surface area (TPSA) is 65.1 Å². The Morgan fingerprint density at radius 1 is 1.64 bits per heavy atom. The molecule has 0 fully saturated rings. The standard InChI is InChI=1S/C10H14N2O2/c13-10(14)2-1-5-11-6-3-9-4-7-12-8-9/h1-2,4,7-8,11-12H,3,5-6H2,(H,13,14)/b2-1+. The molecule has 1 heterocycles. The molecule has 0 saturated carbocycles. The maximum absolute atomic E-state index is 10.1. The molecule has 0 amide bonds. The summed E-state index contributed by atoms with van der Waals surface area (Å²) in [5.74, 6) is -0.905. The Balaban J connectivity index is 2.03. The quantitative estimate of drug-likeness (QED) is 0.463. The highest BCUT2D eigenvalue weighted by atomic mass is 16.4. The van der Waals surface area contributed by atoms with E-state index in [-0.39, 0.29) is 0 Å². The molecular formula is C10H14N2O2. The van der Waals surface area contributed by atoms with Gasteiger partial charge in [0.1, 0.15) is 0 Å². The SMILES string of the molecule is O=C(O)/C=C/CNCCc1cc[nH]c1. The smallest absolute Gasteiger partial charge is 0.328 e. The van der Waals surface area contributed by atoms with Crippen molar-refractivity contribution in [1.29, 1.82) is 0 Å². The number of aromatic nitrogens is 1. The van der Waals surface area contributed by atoms with E-state index in [1.165, 1.54) is 5.56 Å². The van der Waals surface area contributed by atoms with Gasteiger partial charge in [-0.3, -0.25) is 0 Å². The molecule has 4 nitrogen and oxygen atoms in total. The van der Waals surface area contributed by atoms with Crippen LogP contribution in [0.1, 0.15) is 5.56 Å². The normalized spacial score (nSPS) is 10.9. The first kappa shape index (κ1) is 10.5. The Hall–Kier alpha value is -1.55. The lowest BCUT2D eigenvalue weighted by molar-refractivity contribution is -0.131. The number of aliphatic carboxylic acids is 1. The zero-order valence-electron chi connectivity index (χ0n) is 7.86. The van der Waals surface area contributed by atoms with Crippen molar-refractivity contribution in [3.05, 3.63) is 36.2 Å². The minimum atomic E-state index is -0.905. The Labute approximate surface area is 82.6 Å². The van der Waals surface area contributed by atoms with Gasteiger partial charge in [0.2, 0.25) is 0 Å². The fourth-order valence-electron chi connectivity index (χ4n) is 1.09. The Bertz CT molecular complexity index is 291. The van der Waals surface area contributed by atoms with E-state index in [2.05, 4.69) is 10.3 Å². The van der Waals surface area contributed by atoms with Gasteiger partial charge in [0.05, 0.1) is 0 Å². The summed E-state index contributed by atoms with van der Waals surface area (Å²) >= 11 is 0. The first-order valence-corrected chi connectivity index (χ1v) is 4.51. The van der Waals surface area contributed by atoms with Crippen LogP contribution in [0.15, 0.2) is 30.6 Å². The predicted molar refractivity (Wildman–Crippen MR) is 54.1 cm³/mol. The number of carboxylic acid groups (broad SMARTS) is 1. The van der Waals surface area contributed by atoms with E-state index in [1.807, 2.05) is 18.5 Å². The molecule has 0 aliphatic heterocycles. The average Bonchev–Trinajstić information content (AvgIpc) is 2.63. The van der Waals surface area contributed by atoms with Crippen LogP contribution in [0.2, 0.25) is 0 Å². The first-order chi connectivity index (χ1) is 6.79. The van der Waals surface area contributed by atoms with Crippen molar-refractivity contribution in [3.63, 3.8) is 0 Å². The van der Waals surface area contributed by atoms with E-state index in [9.17, 15) is 4.79 Å². The van der Waals surface area contributed by atoms with Crippen molar-refractivity contribution in [1.82, 2.24) is 10.3 Å². The van der Waals surface area contributed by atoms with Crippen LogP contribution >= 0.6 is 0 Å². The first-order valence-electron chi connectivity index (χ1n) is 4.51. The van der Waals surface area contributed by atoms with Crippen LogP contribution in [-0.4, -0.2) is 29.1 Å². The molecule has 76 valence electrons. The van der Waals surface area contributed by atoms with Gasteiger partial charge in [-0.15, -0.1) is 0 Å². The summed E-state index contributed by atoms with van der Waals surface area (Å²) < 4.78 is 0. The van der Waals surface area contributed by atoms with E-state index < -0.39 is 5.97 Å². The molecular weight excluding hydrogens is 180 g/mol. The van der Waals surface area contributed by atoms with E-state index in [1.54, 1.807) is 6.08 Å². The van der Waals surface area contributed by atoms with Crippen molar-refractivity contribution in [2.24, 2.45) is 0 Å². The number of carbonyl (C=O) groups is 1. The second kappa shape index (κ2) is 5.99.